The summed E-state index contributed by atoms with van der Waals surface area (Å²) in [5, 5.41) is 7.23. The molecule has 37 heavy (non-hydrogen) atoms. The van der Waals surface area contributed by atoms with E-state index in [-0.39, 0.29) is 17.9 Å². The van der Waals surface area contributed by atoms with Gasteiger partial charge in [0.15, 0.2) is 0 Å². The average Bonchev–Trinajstić information content (AvgIpc) is 3.40. The Morgan fingerprint density at radius 1 is 1.05 bits per heavy atom. The number of hydrogen-bond donors (Lipinski definition) is 1. The van der Waals surface area contributed by atoms with Gasteiger partial charge in [-0.3, -0.25) is 9.59 Å². The maximum absolute atomic E-state index is 13.8. The van der Waals surface area contributed by atoms with Crippen LogP contribution in [0, 0.1) is 6.92 Å². The standard InChI is InChI=1S/C30H32N4O3/c1-21(23-9-5-3-6-10-23)31-29(36)30(26-11-7-4-8-12-26)17-19-34(20-18-30)28(35)25-15-13-24(14-16-25)27-32-22(2)37-33-27/h3-5,7-9,11-16,21H,6,10,17-20H2,1-2H3,(H,31,36)/t21-/m0/s1. The summed E-state index contributed by atoms with van der Waals surface area (Å²) in [6.45, 7) is 4.81. The number of allylic oxidation sites excluding steroid dienone is 3. The van der Waals surface area contributed by atoms with Gasteiger partial charge in [0.25, 0.3) is 5.91 Å². The van der Waals surface area contributed by atoms with E-state index in [2.05, 4.69) is 40.6 Å². The zero-order valence-electron chi connectivity index (χ0n) is 21.3. The lowest BCUT2D eigenvalue weighted by molar-refractivity contribution is -0.129. The Labute approximate surface area is 217 Å². The van der Waals surface area contributed by atoms with E-state index in [9.17, 15) is 9.59 Å². The molecule has 1 fully saturated rings. The summed E-state index contributed by atoms with van der Waals surface area (Å²) < 4.78 is 5.05. The molecule has 1 atom stereocenters. The maximum Gasteiger partial charge on any atom is 0.253 e. The van der Waals surface area contributed by atoms with Crippen molar-refractivity contribution in [3.8, 4) is 11.4 Å². The van der Waals surface area contributed by atoms with Gasteiger partial charge in [-0.15, -0.1) is 0 Å². The molecule has 0 bridgehead atoms. The fraction of sp³-hybridized carbons (Fsp3) is 0.333. The Balaban J connectivity index is 1.31. The van der Waals surface area contributed by atoms with Crippen molar-refractivity contribution >= 4 is 11.8 Å². The van der Waals surface area contributed by atoms with E-state index < -0.39 is 5.41 Å². The van der Waals surface area contributed by atoms with Gasteiger partial charge in [-0.25, -0.2) is 0 Å². The minimum atomic E-state index is -0.669. The molecule has 1 aliphatic heterocycles. The van der Waals surface area contributed by atoms with Crippen molar-refractivity contribution in [2.45, 2.75) is 51.0 Å². The van der Waals surface area contributed by atoms with Gasteiger partial charge in [0.2, 0.25) is 17.6 Å². The molecular formula is C30H32N4O3. The van der Waals surface area contributed by atoms with Crippen molar-refractivity contribution < 1.29 is 14.1 Å². The van der Waals surface area contributed by atoms with Crippen LogP contribution in [0.15, 0.2) is 82.9 Å². The molecule has 0 spiro atoms. The SMILES string of the molecule is Cc1nc(-c2ccc(C(=O)N3CCC(C(=O)N[C@@H](C)C4=CC=CCC4)(c4ccccc4)CC3)cc2)no1. The first kappa shape index (κ1) is 24.7. The average molecular weight is 497 g/mol. The molecule has 2 amide bonds. The smallest absolute Gasteiger partial charge is 0.253 e. The molecule has 2 aliphatic rings. The first-order chi connectivity index (χ1) is 18.0. The largest absolute Gasteiger partial charge is 0.349 e. The second-order valence-electron chi connectivity index (χ2n) is 9.86. The van der Waals surface area contributed by atoms with Gasteiger partial charge in [-0.1, -0.05) is 65.8 Å². The number of carbonyl (C=O) groups is 2. The van der Waals surface area contributed by atoms with Crippen LogP contribution in [0.2, 0.25) is 0 Å². The van der Waals surface area contributed by atoms with Gasteiger partial charge in [-0.2, -0.15) is 4.98 Å². The molecular weight excluding hydrogens is 464 g/mol. The van der Waals surface area contributed by atoms with Crippen molar-refractivity contribution in [2.75, 3.05) is 13.1 Å². The number of piperidine rings is 1. The molecule has 1 aliphatic carbocycles. The van der Waals surface area contributed by atoms with Gasteiger partial charge >= 0.3 is 0 Å². The number of nitrogens with one attached hydrogen (secondary N) is 1. The number of aromatic nitrogens is 2. The summed E-state index contributed by atoms with van der Waals surface area (Å²) in [5.41, 5.74) is 2.98. The topological polar surface area (TPSA) is 88.3 Å². The summed E-state index contributed by atoms with van der Waals surface area (Å²) >= 11 is 0. The third-order valence-electron chi connectivity index (χ3n) is 7.53. The number of aryl methyl sites for hydroxylation is 1. The highest BCUT2D eigenvalue weighted by Crippen LogP contribution is 2.37. The van der Waals surface area contributed by atoms with Crippen molar-refractivity contribution in [3.63, 3.8) is 0 Å². The van der Waals surface area contributed by atoms with Gasteiger partial charge in [0.1, 0.15) is 0 Å². The number of nitrogens with zero attached hydrogens (tertiary/aromatic N) is 3. The van der Waals surface area contributed by atoms with Crippen LogP contribution in [0.1, 0.15) is 54.4 Å². The summed E-state index contributed by atoms with van der Waals surface area (Å²) in [4.78, 5) is 33.2. The molecule has 5 rings (SSSR count). The molecule has 0 radical (unpaired) electrons. The van der Waals surface area contributed by atoms with Crippen molar-refractivity contribution in [2.24, 2.45) is 0 Å². The Morgan fingerprint density at radius 3 is 2.41 bits per heavy atom. The monoisotopic (exact) mass is 496 g/mol. The molecule has 1 saturated heterocycles. The van der Waals surface area contributed by atoms with Crippen LogP contribution in [-0.2, 0) is 10.2 Å². The van der Waals surface area contributed by atoms with Crippen LogP contribution in [-0.4, -0.2) is 46.0 Å². The van der Waals surface area contributed by atoms with Crippen LogP contribution >= 0.6 is 0 Å². The lowest BCUT2D eigenvalue weighted by Gasteiger charge is -2.41. The maximum atomic E-state index is 13.8. The van der Waals surface area contributed by atoms with E-state index in [1.165, 1.54) is 5.57 Å². The highest BCUT2D eigenvalue weighted by atomic mass is 16.5. The van der Waals surface area contributed by atoms with Crippen molar-refractivity contribution in [1.29, 1.82) is 0 Å². The predicted octanol–water partition coefficient (Wildman–Crippen LogP) is 5.00. The van der Waals surface area contributed by atoms with Crippen molar-refractivity contribution in [1.82, 2.24) is 20.4 Å². The lowest BCUT2D eigenvalue weighted by Crippen LogP contribution is -2.54. The summed E-state index contributed by atoms with van der Waals surface area (Å²) in [6.07, 6.45) is 9.42. The third-order valence-corrected chi connectivity index (χ3v) is 7.53. The number of likely N-dealkylation sites (tertiary alicyclic amines) is 1. The Kier molecular flexibility index (Phi) is 7.04. The minimum Gasteiger partial charge on any atom is -0.349 e. The van der Waals surface area contributed by atoms with Crippen LogP contribution in [0.4, 0.5) is 0 Å². The quantitative estimate of drug-likeness (QED) is 0.519. The predicted molar refractivity (Wildman–Crippen MR) is 142 cm³/mol. The van der Waals surface area contributed by atoms with Gasteiger partial charge in [0, 0.05) is 37.2 Å². The van der Waals surface area contributed by atoms with E-state index in [4.69, 9.17) is 4.52 Å². The molecule has 190 valence electrons. The highest BCUT2D eigenvalue weighted by molar-refractivity contribution is 5.95. The number of benzene rings is 2. The molecule has 2 aromatic carbocycles. The first-order valence-electron chi connectivity index (χ1n) is 12.9. The number of carbonyl (C=O) groups excluding carboxylic acids is 2. The first-order valence-corrected chi connectivity index (χ1v) is 12.9. The third kappa shape index (κ3) is 5.12. The normalized spacial score (nSPS) is 17.7. The Bertz CT molecular complexity index is 1320. The van der Waals surface area contributed by atoms with Crippen LogP contribution in [0.25, 0.3) is 11.4 Å². The zero-order chi connectivity index (χ0) is 25.8. The van der Waals surface area contributed by atoms with Gasteiger partial charge in [-0.05, 0) is 55.9 Å². The second kappa shape index (κ2) is 10.5. The number of hydrogen-bond acceptors (Lipinski definition) is 5. The van der Waals surface area contributed by atoms with Crippen LogP contribution in [0.5, 0.6) is 0 Å². The van der Waals surface area contributed by atoms with E-state index in [1.54, 1.807) is 19.1 Å². The fourth-order valence-electron chi connectivity index (χ4n) is 5.27. The molecule has 7 heteroatoms. The van der Waals surface area contributed by atoms with E-state index >= 15 is 0 Å². The molecule has 0 saturated carbocycles. The van der Waals surface area contributed by atoms with E-state index in [0.717, 1.165) is 24.0 Å². The van der Waals surface area contributed by atoms with E-state index in [0.29, 0.717) is 43.2 Å². The van der Waals surface area contributed by atoms with Gasteiger partial charge < -0.3 is 14.7 Å². The van der Waals surface area contributed by atoms with E-state index in [1.807, 2.05) is 47.4 Å². The minimum absolute atomic E-state index is 0.0285. The Morgan fingerprint density at radius 2 is 1.78 bits per heavy atom. The molecule has 2 heterocycles. The summed E-state index contributed by atoms with van der Waals surface area (Å²) in [7, 11) is 0. The lowest BCUT2D eigenvalue weighted by atomic mass is 9.71. The number of amides is 2. The molecule has 7 nitrogen and oxygen atoms in total. The summed E-state index contributed by atoms with van der Waals surface area (Å²) in [5.74, 6) is 0.998. The molecule has 1 aromatic heterocycles. The molecule has 3 aromatic rings. The molecule has 1 N–H and O–H groups in total. The number of rotatable bonds is 6. The molecule has 0 unspecified atom stereocenters. The van der Waals surface area contributed by atoms with Crippen LogP contribution in [0.3, 0.4) is 0 Å². The van der Waals surface area contributed by atoms with Gasteiger partial charge in [0.05, 0.1) is 5.41 Å². The Hall–Kier alpha value is -4.00. The van der Waals surface area contributed by atoms with Crippen LogP contribution < -0.4 is 5.32 Å². The highest BCUT2D eigenvalue weighted by Gasteiger charge is 2.44. The fourth-order valence-corrected chi connectivity index (χ4v) is 5.27. The second-order valence-corrected chi connectivity index (χ2v) is 9.86. The van der Waals surface area contributed by atoms with Crippen molar-refractivity contribution in [3.05, 3.63) is 95.4 Å². The summed E-state index contributed by atoms with van der Waals surface area (Å²) in [6, 6.07) is 17.2. The zero-order valence-corrected chi connectivity index (χ0v) is 21.3.